The van der Waals surface area contributed by atoms with Crippen LogP contribution >= 0.6 is 11.3 Å². The Balaban J connectivity index is 1.03. The highest BCUT2D eigenvalue weighted by Gasteiger charge is 2.30. The molecule has 7 nitrogen and oxygen atoms in total. The van der Waals surface area contributed by atoms with Crippen molar-refractivity contribution in [1.29, 1.82) is 0 Å². The Bertz CT molecular complexity index is 1760. The number of amides is 1. The van der Waals surface area contributed by atoms with Gasteiger partial charge in [0.1, 0.15) is 11.4 Å². The third-order valence-electron chi connectivity index (χ3n) is 8.14. The first-order chi connectivity index (χ1) is 20.7. The lowest BCUT2D eigenvalue weighted by molar-refractivity contribution is 0.0284. The minimum atomic E-state index is -0.481. The van der Waals surface area contributed by atoms with Crippen LogP contribution < -0.4 is 4.74 Å². The summed E-state index contributed by atoms with van der Waals surface area (Å²) in [5.74, 6) is 1.21. The number of likely N-dealkylation sites (tertiary alicyclic amines) is 1. The van der Waals surface area contributed by atoms with Gasteiger partial charge >= 0.3 is 6.09 Å². The van der Waals surface area contributed by atoms with E-state index in [1.54, 1.807) is 16.2 Å². The number of ether oxygens (including phenoxy) is 2. The molecule has 1 aliphatic rings. The molecule has 5 aromatic rings. The van der Waals surface area contributed by atoms with Gasteiger partial charge in [0.05, 0.1) is 22.5 Å². The number of fused-ring (bicyclic) bond motifs is 2. The Morgan fingerprint density at radius 3 is 2.58 bits per heavy atom. The highest BCUT2D eigenvalue weighted by atomic mass is 32.1. The Labute approximate surface area is 256 Å². The first kappa shape index (κ1) is 29.1. The van der Waals surface area contributed by atoms with Crippen LogP contribution in [0.3, 0.4) is 0 Å². The van der Waals surface area contributed by atoms with Crippen LogP contribution in [-0.2, 0) is 24.8 Å². The molecule has 0 saturated carbocycles. The van der Waals surface area contributed by atoms with Crippen LogP contribution in [0.5, 0.6) is 5.75 Å². The van der Waals surface area contributed by atoms with Crippen molar-refractivity contribution >= 4 is 44.3 Å². The fourth-order valence-electron chi connectivity index (χ4n) is 5.90. The molecular weight excluding hydrogens is 558 g/mol. The van der Waals surface area contributed by atoms with Crippen LogP contribution in [-0.4, -0.2) is 51.2 Å². The summed E-state index contributed by atoms with van der Waals surface area (Å²) in [6, 6.07) is 20.6. The summed E-state index contributed by atoms with van der Waals surface area (Å²) in [7, 11) is 1.96. The number of nitrogens with zero attached hydrogens (tertiary/aromatic N) is 3. The number of carbonyl (C=O) groups is 2. The number of rotatable bonds is 9. The molecule has 2 aromatic carbocycles. The van der Waals surface area contributed by atoms with Gasteiger partial charge < -0.3 is 23.5 Å². The number of hydrogen-bond acceptors (Lipinski definition) is 5. The predicted octanol–water partition coefficient (Wildman–Crippen LogP) is 7.69. The van der Waals surface area contributed by atoms with Gasteiger partial charge in [0.15, 0.2) is 0 Å². The molecule has 1 amide bonds. The Morgan fingerprint density at radius 1 is 1.02 bits per heavy atom. The van der Waals surface area contributed by atoms with E-state index >= 15 is 0 Å². The first-order valence-electron chi connectivity index (χ1n) is 15.0. The topological polar surface area (TPSA) is 65.7 Å². The number of aryl methyl sites for hydroxylation is 3. The van der Waals surface area contributed by atoms with Gasteiger partial charge in [-0.05, 0) is 81.3 Å². The average molecular weight is 598 g/mol. The molecule has 0 N–H and O–H groups in total. The molecule has 0 spiro atoms. The molecule has 1 saturated heterocycles. The lowest BCUT2D eigenvalue weighted by Crippen LogP contribution is -2.35. The van der Waals surface area contributed by atoms with Gasteiger partial charge in [0.25, 0.3) is 0 Å². The van der Waals surface area contributed by atoms with E-state index in [9.17, 15) is 9.59 Å². The molecule has 0 bridgehead atoms. The van der Waals surface area contributed by atoms with E-state index in [0.717, 1.165) is 63.9 Å². The summed E-state index contributed by atoms with van der Waals surface area (Å²) in [5, 5.41) is 3.06. The smallest absolute Gasteiger partial charge is 0.410 e. The quantitative estimate of drug-likeness (QED) is 0.163. The highest BCUT2D eigenvalue weighted by molar-refractivity contribution is 7.17. The van der Waals surface area contributed by atoms with Crippen LogP contribution in [0.15, 0.2) is 72.2 Å². The van der Waals surface area contributed by atoms with E-state index in [1.165, 1.54) is 5.56 Å². The molecule has 1 fully saturated rings. The average Bonchev–Trinajstić information content (AvgIpc) is 3.77. The van der Waals surface area contributed by atoms with Crippen LogP contribution in [0.2, 0.25) is 0 Å². The molecule has 8 heteroatoms. The van der Waals surface area contributed by atoms with Gasteiger partial charge in [-0.25, -0.2) is 4.79 Å². The van der Waals surface area contributed by atoms with Crippen LogP contribution in [0, 0.1) is 5.92 Å². The Morgan fingerprint density at radius 2 is 1.81 bits per heavy atom. The van der Waals surface area contributed by atoms with Gasteiger partial charge in [-0.3, -0.25) is 4.79 Å². The molecule has 4 heterocycles. The molecule has 6 rings (SSSR count). The largest absolute Gasteiger partial charge is 0.493 e. The molecule has 1 atom stereocenters. The summed E-state index contributed by atoms with van der Waals surface area (Å²) in [5.41, 5.74) is 4.42. The number of carbonyl (C=O) groups excluding carboxylic acids is 2. The molecule has 0 aliphatic carbocycles. The van der Waals surface area contributed by atoms with Crippen molar-refractivity contribution in [3.8, 4) is 5.75 Å². The molecule has 1 unspecified atom stereocenters. The van der Waals surface area contributed by atoms with Gasteiger partial charge in [-0.2, -0.15) is 0 Å². The van der Waals surface area contributed by atoms with E-state index in [2.05, 4.69) is 34.2 Å². The first-order valence-corrected chi connectivity index (χ1v) is 15.9. The number of aromatic nitrogens is 2. The van der Waals surface area contributed by atoms with E-state index in [4.69, 9.17) is 9.47 Å². The molecule has 0 radical (unpaired) electrons. The maximum absolute atomic E-state index is 13.7. The van der Waals surface area contributed by atoms with E-state index < -0.39 is 5.60 Å². The zero-order valence-electron chi connectivity index (χ0n) is 25.3. The minimum absolute atomic E-state index is 0.0617. The summed E-state index contributed by atoms with van der Waals surface area (Å²) >= 11 is 1.66. The van der Waals surface area contributed by atoms with Crippen LogP contribution in [0.1, 0.15) is 55.2 Å². The number of thiophene rings is 1. The van der Waals surface area contributed by atoms with E-state index in [0.29, 0.717) is 25.6 Å². The van der Waals surface area contributed by atoms with Gasteiger partial charge in [-0.15, -0.1) is 11.3 Å². The van der Waals surface area contributed by atoms with Crippen molar-refractivity contribution in [2.24, 2.45) is 13.0 Å². The minimum Gasteiger partial charge on any atom is -0.493 e. The summed E-state index contributed by atoms with van der Waals surface area (Å²) in [4.78, 5) is 27.8. The molecule has 224 valence electrons. The highest BCUT2D eigenvalue weighted by Crippen LogP contribution is 2.29. The SMILES string of the molecule is Cn1c(C(=O)c2cn(CCCc3ccc(OCC4CCN(C(=O)OC(C)(C)C)C4)cc3)c3ccccc23)cc2sccc21. The lowest BCUT2D eigenvalue weighted by atomic mass is 10.1. The predicted molar refractivity (Wildman–Crippen MR) is 172 cm³/mol. The third kappa shape index (κ3) is 6.34. The normalized spacial score (nSPS) is 15.4. The summed E-state index contributed by atoms with van der Waals surface area (Å²) in [6.45, 7) is 8.45. The maximum atomic E-state index is 13.7. The zero-order chi connectivity index (χ0) is 30.1. The monoisotopic (exact) mass is 597 g/mol. The van der Waals surface area contributed by atoms with E-state index in [1.807, 2.05) is 75.0 Å². The van der Waals surface area contributed by atoms with Crippen molar-refractivity contribution < 1.29 is 19.1 Å². The Kier molecular flexibility index (Phi) is 8.05. The fourth-order valence-corrected chi connectivity index (χ4v) is 6.75. The molecule has 43 heavy (non-hydrogen) atoms. The number of ketones is 1. The molecule has 3 aromatic heterocycles. The zero-order valence-corrected chi connectivity index (χ0v) is 26.2. The van der Waals surface area contributed by atoms with Crippen molar-refractivity contribution in [2.45, 2.75) is 52.2 Å². The van der Waals surface area contributed by atoms with Crippen molar-refractivity contribution in [3.63, 3.8) is 0 Å². The van der Waals surface area contributed by atoms with E-state index in [-0.39, 0.29) is 11.9 Å². The number of benzene rings is 2. The number of para-hydroxylation sites is 1. The van der Waals surface area contributed by atoms with Crippen LogP contribution in [0.4, 0.5) is 4.79 Å². The second kappa shape index (κ2) is 11.9. The van der Waals surface area contributed by atoms with Crippen molar-refractivity contribution in [3.05, 3.63) is 89.1 Å². The van der Waals surface area contributed by atoms with Gasteiger partial charge in [0, 0.05) is 55.3 Å². The summed E-state index contributed by atoms with van der Waals surface area (Å²) in [6.07, 6.45) is 4.58. The second-order valence-corrected chi connectivity index (χ2v) is 13.4. The number of hydrogen-bond donors (Lipinski definition) is 0. The standard InChI is InChI=1S/C35H39N3O4S/c1-35(2,3)42-34(40)38-18-15-25(21-38)23-41-26-13-11-24(12-14-26)8-7-17-37-22-28(27-9-5-6-10-29(27)37)33(39)31-20-32-30(36(31)4)16-19-43-32/h5-6,9-14,16,19-20,22,25H,7-8,15,17-18,21,23H2,1-4H3. The third-order valence-corrected chi connectivity index (χ3v) is 8.99. The van der Waals surface area contributed by atoms with Gasteiger partial charge in [-0.1, -0.05) is 30.3 Å². The second-order valence-electron chi connectivity index (χ2n) is 12.5. The molecule has 1 aliphatic heterocycles. The van der Waals surface area contributed by atoms with Crippen LogP contribution in [0.25, 0.3) is 21.1 Å². The maximum Gasteiger partial charge on any atom is 0.410 e. The fraction of sp³-hybridized carbons (Fsp3) is 0.371. The van der Waals surface area contributed by atoms with Gasteiger partial charge in [0.2, 0.25) is 5.78 Å². The Hall–Kier alpha value is -4.04. The lowest BCUT2D eigenvalue weighted by Gasteiger charge is -2.24. The summed E-state index contributed by atoms with van der Waals surface area (Å²) < 4.78 is 16.9. The van der Waals surface area contributed by atoms with Crippen molar-refractivity contribution in [2.75, 3.05) is 19.7 Å². The van der Waals surface area contributed by atoms with Crippen molar-refractivity contribution in [1.82, 2.24) is 14.0 Å². The molecular formula is C35H39N3O4S.